The lowest BCUT2D eigenvalue weighted by Crippen LogP contribution is -2.49. The number of hydrogen-bond donors (Lipinski definition) is 1. The first kappa shape index (κ1) is 13.5. The van der Waals surface area contributed by atoms with E-state index in [1.807, 2.05) is 13.8 Å². The highest BCUT2D eigenvalue weighted by atomic mass is 32.2. The predicted octanol–water partition coefficient (Wildman–Crippen LogP) is 1.36. The van der Waals surface area contributed by atoms with Gasteiger partial charge in [0, 0.05) is 30.4 Å². The second-order valence-electron chi connectivity index (χ2n) is 5.12. The molecule has 3 rings (SSSR count). The van der Waals surface area contributed by atoms with E-state index < -0.39 is 10.0 Å². The van der Waals surface area contributed by atoms with Gasteiger partial charge >= 0.3 is 0 Å². The van der Waals surface area contributed by atoms with Gasteiger partial charge in [-0.25, -0.2) is 13.4 Å². The Morgan fingerprint density at radius 1 is 1.45 bits per heavy atom. The molecule has 3 heterocycles. The Labute approximate surface area is 117 Å². The van der Waals surface area contributed by atoms with Gasteiger partial charge in [0.05, 0.1) is 12.7 Å². The van der Waals surface area contributed by atoms with Crippen LogP contribution in [0.1, 0.15) is 13.8 Å². The third-order valence-corrected chi connectivity index (χ3v) is 5.57. The van der Waals surface area contributed by atoms with Crippen molar-refractivity contribution in [3.8, 4) is 0 Å². The lowest BCUT2D eigenvalue weighted by molar-refractivity contribution is -0.0170. The fraction of sp³-hybridized carbons (Fsp3) is 0.462. The number of H-pyrrole nitrogens is 1. The van der Waals surface area contributed by atoms with Gasteiger partial charge in [-0.05, 0) is 26.0 Å². The van der Waals surface area contributed by atoms with Crippen molar-refractivity contribution in [3.63, 3.8) is 0 Å². The molecule has 1 saturated heterocycles. The summed E-state index contributed by atoms with van der Waals surface area (Å²) < 4.78 is 32.7. The smallest absolute Gasteiger partial charge is 0.245 e. The summed E-state index contributed by atoms with van der Waals surface area (Å²) in [6.07, 6.45) is 3.05. The summed E-state index contributed by atoms with van der Waals surface area (Å²) in [7, 11) is -3.55. The van der Waals surface area contributed by atoms with E-state index >= 15 is 0 Å². The third kappa shape index (κ3) is 2.11. The number of nitrogens with one attached hydrogen (secondary N) is 1. The second kappa shape index (κ2) is 4.83. The highest BCUT2D eigenvalue weighted by Crippen LogP contribution is 2.27. The molecule has 0 radical (unpaired) electrons. The number of aromatic nitrogens is 2. The number of nitrogens with zero attached hydrogens (tertiary/aromatic N) is 2. The molecule has 0 unspecified atom stereocenters. The van der Waals surface area contributed by atoms with Crippen molar-refractivity contribution in [1.82, 2.24) is 14.3 Å². The van der Waals surface area contributed by atoms with E-state index in [2.05, 4.69) is 9.97 Å². The molecule has 0 saturated carbocycles. The van der Waals surface area contributed by atoms with Gasteiger partial charge in [0.1, 0.15) is 10.5 Å². The van der Waals surface area contributed by atoms with Crippen LogP contribution in [0.5, 0.6) is 0 Å². The monoisotopic (exact) mass is 295 g/mol. The van der Waals surface area contributed by atoms with Gasteiger partial charge in [0.15, 0.2) is 0 Å². The Bertz CT molecular complexity index is 725. The summed E-state index contributed by atoms with van der Waals surface area (Å²) in [5.74, 6) is 0. The van der Waals surface area contributed by atoms with Crippen LogP contribution in [0, 0.1) is 0 Å². The quantitative estimate of drug-likeness (QED) is 0.907. The molecule has 2 aromatic rings. The van der Waals surface area contributed by atoms with E-state index in [1.165, 1.54) is 10.5 Å². The number of aromatic amines is 1. The molecule has 1 fully saturated rings. The highest BCUT2D eigenvalue weighted by Gasteiger charge is 2.35. The summed E-state index contributed by atoms with van der Waals surface area (Å²) in [6, 6.07) is 3.33. The fourth-order valence-corrected chi connectivity index (χ4v) is 4.32. The van der Waals surface area contributed by atoms with Gasteiger partial charge in [-0.3, -0.25) is 0 Å². The summed E-state index contributed by atoms with van der Waals surface area (Å²) in [4.78, 5) is 7.32. The van der Waals surface area contributed by atoms with Crippen molar-refractivity contribution < 1.29 is 13.2 Å². The van der Waals surface area contributed by atoms with E-state index in [4.69, 9.17) is 4.74 Å². The van der Waals surface area contributed by atoms with E-state index in [-0.39, 0.29) is 17.0 Å². The minimum atomic E-state index is -3.55. The molecule has 6 nitrogen and oxygen atoms in total. The van der Waals surface area contributed by atoms with Gasteiger partial charge < -0.3 is 9.72 Å². The number of fused-ring (bicyclic) bond motifs is 1. The molecule has 2 atom stereocenters. The molecular weight excluding hydrogens is 278 g/mol. The highest BCUT2D eigenvalue weighted by molar-refractivity contribution is 7.89. The zero-order valence-corrected chi connectivity index (χ0v) is 12.2. The van der Waals surface area contributed by atoms with E-state index in [0.29, 0.717) is 24.2 Å². The zero-order chi connectivity index (χ0) is 14.3. The van der Waals surface area contributed by atoms with Crippen LogP contribution in [0.4, 0.5) is 0 Å². The van der Waals surface area contributed by atoms with Crippen molar-refractivity contribution in [2.75, 3.05) is 13.2 Å². The largest absolute Gasteiger partial charge is 0.375 e. The van der Waals surface area contributed by atoms with Gasteiger partial charge in [0.2, 0.25) is 10.0 Å². The van der Waals surface area contributed by atoms with Gasteiger partial charge in [-0.2, -0.15) is 4.31 Å². The van der Waals surface area contributed by atoms with Crippen molar-refractivity contribution in [1.29, 1.82) is 0 Å². The van der Waals surface area contributed by atoms with Crippen molar-refractivity contribution in [2.24, 2.45) is 0 Å². The average Bonchev–Trinajstić information content (AvgIpc) is 2.86. The first-order valence-corrected chi connectivity index (χ1v) is 7.99. The van der Waals surface area contributed by atoms with Crippen molar-refractivity contribution >= 4 is 21.1 Å². The molecule has 7 heteroatoms. The number of rotatable bonds is 2. The maximum Gasteiger partial charge on any atom is 0.245 e. The lowest BCUT2D eigenvalue weighted by Gasteiger charge is -2.35. The number of sulfonamides is 1. The van der Waals surface area contributed by atoms with E-state index in [0.717, 1.165) is 0 Å². The first-order chi connectivity index (χ1) is 9.50. The van der Waals surface area contributed by atoms with Gasteiger partial charge in [-0.1, -0.05) is 0 Å². The normalized spacial score (nSPS) is 25.1. The Hall–Kier alpha value is -1.44. The van der Waals surface area contributed by atoms with E-state index in [1.54, 1.807) is 18.3 Å². The lowest BCUT2D eigenvalue weighted by atomic mass is 10.2. The second-order valence-corrected chi connectivity index (χ2v) is 6.98. The van der Waals surface area contributed by atoms with Gasteiger partial charge in [0.25, 0.3) is 0 Å². The maximum atomic E-state index is 12.8. The third-order valence-electron chi connectivity index (χ3n) is 3.55. The van der Waals surface area contributed by atoms with Crippen LogP contribution in [0.3, 0.4) is 0 Å². The van der Waals surface area contributed by atoms with Crippen LogP contribution in [0.25, 0.3) is 11.0 Å². The Kier molecular flexibility index (Phi) is 3.27. The van der Waals surface area contributed by atoms with E-state index in [9.17, 15) is 8.42 Å². The molecule has 0 spiro atoms. The SMILES string of the molecule is C[C@@H]1CO[C@@H](C)CN1S(=O)(=O)c1c[nH]c2ncccc12. The molecule has 0 bridgehead atoms. The van der Waals surface area contributed by atoms with Crippen molar-refractivity contribution in [2.45, 2.75) is 30.9 Å². The summed E-state index contributed by atoms with van der Waals surface area (Å²) >= 11 is 0. The summed E-state index contributed by atoms with van der Waals surface area (Å²) in [6.45, 7) is 4.53. The standard InChI is InChI=1S/C13H17N3O3S/c1-9-8-19-10(2)7-16(9)20(17,18)12-6-15-13-11(12)4-3-5-14-13/h3-6,9-10H,7-8H2,1-2H3,(H,14,15)/t9-,10+/m1/s1. The predicted molar refractivity (Wildman–Crippen MR) is 74.9 cm³/mol. The van der Waals surface area contributed by atoms with Crippen LogP contribution in [-0.4, -0.2) is 48.0 Å². The Balaban J connectivity index is 2.07. The average molecular weight is 295 g/mol. The molecule has 1 N–H and O–H groups in total. The van der Waals surface area contributed by atoms with Gasteiger partial charge in [-0.15, -0.1) is 0 Å². The first-order valence-electron chi connectivity index (χ1n) is 6.55. The molecule has 0 amide bonds. The molecule has 108 valence electrons. The topological polar surface area (TPSA) is 75.3 Å². The Morgan fingerprint density at radius 3 is 3.05 bits per heavy atom. The van der Waals surface area contributed by atoms with Crippen LogP contribution in [0.2, 0.25) is 0 Å². The molecule has 1 aliphatic heterocycles. The summed E-state index contributed by atoms with van der Waals surface area (Å²) in [5.41, 5.74) is 0.583. The fourth-order valence-electron chi connectivity index (χ4n) is 2.48. The van der Waals surface area contributed by atoms with Crippen LogP contribution < -0.4 is 0 Å². The summed E-state index contributed by atoms with van der Waals surface area (Å²) in [5, 5.41) is 0.624. The number of hydrogen-bond acceptors (Lipinski definition) is 4. The van der Waals surface area contributed by atoms with Crippen LogP contribution in [0.15, 0.2) is 29.4 Å². The molecule has 0 aliphatic carbocycles. The molecule has 0 aromatic carbocycles. The Morgan fingerprint density at radius 2 is 2.25 bits per heavy atom. The van der Waals surface area contributed by atoms with Crippen LogP contribution in [-0.2, 0) is 14.8 Å². The minimum absolute atomic E-state index is 0.0932. The maximum absolute atomic E-state index is 12.8. The number of ether oxygens (including phenoxy) is 1. The molecular formula is C13H17N3O3S. The van der Waals surface area contributed by atoms with Crippen molar-refractivity contribution in [3.05, 3.63) is 24.5 Å². The number of morpholine rings is 1. The number of pyridine rings is 1. The molecule has 20 heavy (non-hydrogen) atoms. The molecule has 1 aliphatic rings. The zero-order valence-electron chi connectivity index (χ0n) is 11.4. The molecule has 2 aromatic heterocycles. The minimum Gasteiger partial charge on any atom is -0.375 e. The van der Waals surface area contributed by atoms with Crippen LogP contribution >= 0.6 is 0 Å².